The number of carbonyl (C=O) groups excluding carboxylic acids is 1. The van der Waals surface area contributed by atoms with Gasteiger partial charge >= 0.3 is 0 Å². The summed E-state index contributed by atoms with van der Waals surface area (Å²) in [5.41, 5.74) is 2.31. The molecular formula is C26H30ClN5O. The van der Waals surface area contributed by atoms with Crippen LogP contribution in [0, 0.1) is 11.3 Å². The third-order valence-electron chi connectivity index (χ3n) is 7.50. The van der Waals surface area contributed by atoms with Gasteiger partial charge in [-0.1, -0.05) is 11.6 Å². The molecule has 172 valence electrons. The van der Waals surface area contributed by atoms with Crippen LogP contribution in [-0.2, 0) is 4.79 Å². The zero-order valence-corrected chi connectivity index (χ0v) is 19.8. The number of ketones is 1. The maximum absolute atomic E-state index is 11.4. The summed E-state index contributed by atoms with van der Waals surface area (Å²) in [5.74, 6) is 3.32. The van der Waals surface area contributed by atoms with Crippen molar-refractivity contribution in [2.45, 2.75) is 51.9 Å². The number of carbonyl (C=O) groups is 1. The van der Waals surface area contributed by atoms with Crippen LogP contribution in [0.2, 0.25) is 5.02 Å². The lowest BCUT2D eigenvalue weighted by molar-refractivity contribution is -0.118. The van der Waals surface area contributed by atoms with E-state index in [-0.39, 0.29) is 0 Å². The van der Waals surface area contributed by atoms with Crippen LogP contribution in [0.15, 0.2) is 42.6 Å². The van der Waals surface area contributed by atoms with Crippen molar-refractivity contribution in [3.63, 3.8) is 0 Å². The molecule has 2 aromatic heterocycles. The van der Waals surface area contributed by atoms with Crippen LogP contribution in [0.4, 0.5) is 5.82 Å². The molecule has 0 atom stereocenters. The van der Waals surface area contributed by atoms with Gasteiger partial charge in [-0.15, -0.1) is 0 Å². The van der Waals surface area contributed by atoms with Crippen LogP contribution in [0.1, 0.15) is 51.9 Å². The second kappa shape index (κ2) is 9.26. The van der Waals surface area contributed by atoms with Crippen molar-refractivity contribution < 1.29 is 4.79 Å². The smallest absolute Gasteiger partial charge is 0.183 e. The molecular weight excluding hydrogens is 434 g/mol. The number of hydrogen-bond donors (Lipinski definition) is 1. The maximum Gasteiger partial charge on any atom is 0.183 e. The third kappa shape index (κ3) is 4.96. The number of rotatable bonds is 5. The van der Waals surface area contributed by atoms with Crippen molar-refractivity contribution in [3.8, 4) is 22.8 Å². The molecule has 1 saturated carbocycles. The minimum atomic E-state index is 0.339. The molecule has 5 rings (SSSR count). The molecule has 1 N–H and O–H groups in total. The van der Waals surface area contributed by atoms with Crippen LogP contribution >= 0.6 is 11.6 Å². The zero-order chi connectivity index (χ0) is 22.8. The first-order chi connectivity index (χ1) is 16.0. The molecule has 33 heavy (non-hydrogen) atoms. The Balaban J connectivity index is 1.19. The predicted molar refractivity (Wildman–Crippen MR) is 131 cm³/mol. The SMILES string of the molecule is CC(=O)CC1CCC2(CC1)CCN(c1ccc(-c3n[nH]c(-c4ccc(Cl)cc4)n3)cn1)CC2. The van der Waals surface area contributed by atoms with Crippen molar-refractivity contribution in [1.29, 1.82) is 0 Å². The number of piperidine rings is 1. The highest BCUT2D eigenvalue weighted by Crippen LogP contribution is 2.47. The van der Waals surface area contributed by atoms with Crippen LogP contribution in [-0.4, -0.2) is 39.0 Å². The molecule has 1 aliphatic carbocycles. The Kier molecular flexibility index (Phi) is 6.19. The molecule has 3 heterocycles. The van der Waals surface area contributed by atoms with Crippen molar-refractivity contribution in [3.05, 3.63) is 47.6 Å². The van der Waals surface area contributed by atoms with E-state index in [1.807, 2.05) is 30.5 Å². The van der Waals surface area contributed by atoms with Gasteiger partial charge in [0.2, 0.25) is 0 Å². The average Bonchev–Trinajstić information content (AvgIpc) is 3.32. The quantitative estimate of drug-likeness (QED) is 0.506. The van der Waals surface area contributed by atoms with E-state index in [4.69, 9.17) is 16.6 Å². The van der Waals surface area contributed by atoms with Gasteiger partial charge in [0.1, 0.15) is 11.6 Å². The van der Waals surface area contributed by atoms with Crippen molar-refractivity contribution in [1.82, 2.24) is 20.2 Å². The molecule has 0 bridgehead atoms. The number of aromatic nitrogens is 4. The summed E-state index contributed by atoms with van der Waals surface area (Å²) in [6, 6.07) is 11.7. The van der Waals surface area contributed by atoms with Crippen LogP contribution in [0.5, 0.6) is 0 Å². The number of H-pyrrole nitrogens is 1. The third-order valence-corrected chi connectivity index (χ3v) is 7.75. The van der Waals surface area contributed by atoms with Gasteiger partial charge in [0.15, 0.2) is 11.6 Å². The molecule has 1 aromatic carbocycles. The fourth-order valence-corrected chi connectivity index (χ4v) is 5.57. The van der Waals surface area contributed by atoms with Crippen LogP contribution in [0.3, 0.4) is 0 Å². The first-order valence-electron chi connectivity index (χ1n) is 11.9. The highest BCUT2D eigenvalue weighted by atomic mass is 35.5. The number of pyridine rings is 1. The summed E-state index contributed by atoms with van der Waals surface area (Å²) >= 11 is 5.97. The Morgan fingerprint density at radius 2 is 1.76 bits per heavy atom. The summed E-state index contributed by atoms with van der Waals surface area (Å²) < 4.78 is 0. The van der Waals surface area contributed by atoms with Gasteiger partial charge in [-0.3, -0.25) is 5.10 Å². The fourth-order valence-electron chi connectivity index (χ4n) is 5.44. The molecule has 6 nitrogen and oxygen atoms in total. The Labute approximate surface area is 199 Å². The summed E-state index contributed by atoms with van der Waals surface area (Å²) in [4.78, 5) is 23.2. The van der Waals surface area contributed by atoms with E-state index in [0.717, 1.165) is 36.5 Å². The predicted octanol–water partition coefficient (Wildman–Crippen LogP) is 5.94. The molecule has 1 spiro atoms. The molecule has 0 amide bonds. The van der Waals surface area contributed by atoms with Gasteiger partial charge < -0.3 is 9.69 Å². The summed E-state index contributed by atoms with van der Waals surface area (Å²) in [5, 5.41) is 8.06. The molecule has 2 fully saturated rings. The lowest BCUT2D eigenvalue weighted by Crippen LogP contribution is -2.42. The molecule has 3 aromatic rings. The maximum atomic E-state index is 11.4. The van der Waals surface area contributed by atoms with Crippen molar-refractivity contribution in [2.24, 2.45) is 11.3 Å². The second-order valence-corrected chi connectivity index (χ2v) is 10.2. The molecule has 0 radical (unpaired) electrons. The lowest BCUT2D eigenvalue weighted by atomic mass is 9.65. The van der Waals surface area contributed by atoms with Crippen molar-refractivity contribution >= 4 is 23.2 Å². The van der Waals surface area contributed by atoms with E-state index in [2.05, 4.69) is 32.2 Å². The number of anilines is 1. The van der Waals surface area contributed by atoms with Crippen LogP contribution in [0.25, 0.3) is 22.8 Å². The first-order valence-corrected chi connectivity index (χ1v) is 12.3. The number of benzene rings is 1. The molecule has 7 heteroatoms. The second-order valence-electron chi connectivity index (χ2n) is 9.76. The normalized spacial score (nSPS) is 18.5. The summed E-state index contributed by atoms with van der Waals surface area (Å²) in [7, 11) is 0. The number of Topliss-reactive ketones (excluding diaryl/α,β-unsaturated/α-hetero) is 1. The van der Waals surface area contributed by atoms with E-state index in [1.54, 1.807) is 6.92 Å². The van der Waals surface area contributed by atoms with Gasteiger partial charge in [0, 0.05) is 41.9 Å². The van der Waals surface area contributed by atoms with Gasteiger partial charge in [-0.25, -0.2) is 9.97 Å². The Morgan fingerprint density at radius 1 is 1.06 bits per heavy atom. The Morgan fingerprint density at radius 3 is 2.39 bits per heavy atom. The number of hydrogen-bond acceptors (Lipinski definition) is 5. The lowest BCUT2D eigenvalue weighted by Gasteiger charge is -2.46. The number of aromatic amines is 1. The first kappa shape index (κ1) is 22.1. The monoisotopic (exact) mass is 463 g/mol. The van der Waals surface area contributed by atoms with Crippen molar-refractivity contribution in [2.75, 3.05) is 18.0 Å². The minimum absolute atomic E-state index is 0.339. The highest BCUT2D eigenvalue weighted by molar-refractivity contribution is 6.30. The van der Waals surface area contributed by atoms with E-state index in [0.29, 0.717) is 33.8 Å². The molecule has 2 aliphatic rings. The van der Waals surface area contributed by atoms with Gasteiger partial charge in [-0.05, 0) is 93.2 Å². The van der Waals surface area contributed by atoms with E-state index in [9.17, 15) is 4.79 Å². The van der Waals surface area contributed by atoms with E-state index < -0.39 is 0 Å². The van der Waals surface area contributed by atoms with Gasteiger partial charge in [0.05, 0.1) is 0 Å². The largest absolute Gasteiger partial charge is 0.357 e. The Hall–Kier alpha value is -2.73. The van der Waals surface area contributed by atoms with Crippen LogP contribution < -0.4 is 4.90 Å². The van der Waals surface area contributed by atoms with Gasteiger partial charge in [-0.2, -0.15) is 5.10 Å². The zero-order valence-electron chi connectivity index (χ0n) is 19.1. The summed E-state index contributed by atoms with van der Waals surface area (Å²) in [6.07, 6.45) is 10.0. The number of nitrogens with one attached hydrogen (secondary N) is 1. The highest BCUT2D eigenvalue weighted by Gasteiger charge is 2.38. The number of halogens is 1. The van der Waals surface area contributed by atoms with E-state index >= 15 is 0 Å². The molecule has 0 unspecified atom stereocenters. The van der Waals surface area contributed by atoms with E-state index in [1.165, 1.54) is 38.5 Å². The number of nitrogens with zero attached hydrogens (tertiary/aromatic N) is 4. The molecule has 1 aliphatic heterocycles. The standard InChI is InChI=1S/C26H30ClN5O/c1-18(33)16-19-8-10-26(11-9-19)12-14-32(15-13-26)23-7-4-21(17-28-23)25-29-24(30-31-25)20-2-5-22(27)6-3-20/h2-7,17,19H,8-16H2,1H3,(H,29,30,31). The fraction of sp³-hybridized carbons (Fsp3) is 0.462. The average molecular weight is 464 g/mol. The Bertz CT molecular complexity index is 1090. The molecule has 1 saturated heterocycles. The summed E-state index contributed by atoms with van der Waals surface area (Å²) in [6.45, 7) is 3.82. The topological polar surface area (TPSA) is 74.8 Å². The van der Waals surface area contributed by atoms with Gasteiger partial charge in [0.25, 0.3) is 0 Å². The minimum Gasteiger partial charge on any atom is -0.357 e.